The summed E-state index contributed by atoms with van der Waals surface area (Å²) in [5.74, 6) is 0.746. The van der Waals surface area contributed by atoms with Crippen LogP contribution in [0.3, 0.4) is 0 Å². The van der Waals surface area contributed by atoms with Crippen molar-refractivity contribution in [3.8, 4) is 0 Å². The standard InChI is InChI=1S/C15H27NO2/c1-2-6-15(7-3-1)10-14(5-9-18-15)16-11-13-4-8-17-12-13/h13-14,16H,1-12H2. The highest BCUT2D eigenvalue weighted by molar-refractivity contribution is 4.92. The lowest BCUT2D eigenvalue weighted by Gasteiger charge is -2.44. The lowest BCUT2D eigenvalue weighted by atomic mass is 9.78. The first-order valence-corrected chi connectivity index (χ1v) is 7.81. The lowest BCUT2D eigenvalue weighted by molar-refractivity contribution is -0.109. The summed E-state index contributed by atoms with van der Waals surface area (Å²) in [5, 5.41) is 3.78. The molecule has 1 spiro atoms. The minimum absolute atomic E-state index is 0.236. The highest BCUT2D eigenvalue weighted by Gasteiger charge is 2.38. The van der Waals surface area contributed by atoms with Gasteiger partial charge in [0.15, 0.2) is 0 Å². The fourth-order valence-electron chi connectivity index (χ4n) is 3.82. The topological polar surface area (TPSA) is 30.5 Å². The zero-order valence-electron chi connectivity index (χ0n) is 11.5. The van der Waals surface area contributed by atoms with Gasteiger partial charge in [-0.25, -0.2) is 0 Å². The summed E-state index contributed by atoms with van der Waals surface area (Å²) in [4.78, 5) is 0. The molecule has 3 heteroatoms. The van der Waals surface area contributed by atoms with E-state index < -0.39 is 0 Å². The van der Waals surface area contributed by atoms with Crippen LogP contribution in [-0.2, 0) is 9.47 Å². The maximum absolute atomic E-state index is 6.14. The Hall–Kier alpha value is -0.120. The third kappa shape index (κ3) is 3.06. The van der Waals surface area contributed by atoms with Crippen LogP contribution in [0.4, 0.5) is 0 Å². The van der Waals surface area contributed by atoms with Crippen LogP contribution in [-0.4, -0.2) is 38.0 Å². The van der Waals surface area contributed by atoms with Gasteiger partial charge in [-0.15, -0.1) is 0 Å². The van der Waals surface area contributed by atoms with Gasteiger partial charge >= 0.3 is 0 Å². The molecule has 1 saturated carbocycles. The molecular formula is C15H27NO2. The van der Waals surface area contributed by atoms with Crippen molar-refractivity contribution in [3.05, 3.63) is 0 Å². The molecule has 2 unspecified atom stereocenters. The Morgan fingerprint density at radius 2 is 1.94 bits per heavy atom. The predicted octanol–water partition coefficient (Wildman–Crippen LogP) is 2.49. The van der Waals surface area contributed by atoms with Crippen LogP contribution in [0, 0.1) is 5.92 Å². The zero-order valence-corrected chi connectivity index (χ0v) is 11.5. The van der Waals surface area contributed by atoms with Crippen LogP contribution in [0.25, 0.3) is 0 Å². The van der Waals surface area contributed by atoms with E-state index in [1.165, 1.54) is 51.4 Å². The molecule has 3 nitrogen and oxygen atoms in total. The number of ether oxygens (including phenoxy) is 2. The lowest BCUT2D eigenvalue weighted by Crippen LogP contribution is -2.48. The van der Waals surface area contributed by atoms with E-state index >= 15 is 0 Å². The highest BCUT2D eigenvalue weighted by Crippen LogP contribution is 2.38. The summed E-state index contributed by atoms with van der Waals surface area (Å²) >= 11 is 0. The summed E-state index contributed by atoms with van der Waals surface area (Å²) in [7, 11) is 0. The van der Waals surface area contributed by atoms with Crippen molar-refractivity contribution in [2.45, 2.75) is 63.0 Å². The maximum atomic E-state index is 6.14. The van der Waals surface area contributed by atoms with E-state index in [2.05, 4.69) is 5.32 Å². The van der Waals surface area contributed by atoms with Gasteiger partial charge in [0, 0.05) is 25.8 Å². The molecule has 3 fully saturated rings. The fraction of sp³-hybridized carbons (Fsp3) is 1.00. The van der Waals surface area contributed by atoms with Gasteiger partial charge in [-0.1, -0.05) is 19.3 Å². The third-order valence-electron chi connectivity index (χ3n) is 4.98. The van der Waals surface area contributed by atoms with Crippen LogP contribution in [0.1, 0.15) is 51.4 Å². The van der Waals surface area contributed by atoms with Crippen molar-refractivity contribution in [1.82, 2.24) is 5.32 Å². The first-order chi connectivity index (χ1) is 8.86. The average molecular weight is 253 g/mol. The average Bonchev–Trinajstić information content (AvgIpc) is 2.91. The molecule has 2 saturated heterocycles. The van der Waals surface area contributed by atoms with Gasteiger partial charge in [-0.3, -0.25) is 0 Å². The van der Waals surface area contributed by atoms with E-state index in [0.717, 1.165) is 32.3 Å². The summed E-state index contributed by atoms with van der Waals surface area (Å²) in [6, 6.07) is 0.678. The van der Waals surface area contributed by atoms with Crippen molar-refractivity contribution in [2.75, 3.05) is 26.4 Å². The van der Waals surface area contributed by atoms with E-state index in [4.69, 9.17) is 9.47 Å². The summed E-state index contributed by atoms with van der Waals surface area (Å²) in [6.45, 7) is 4.02. The van der Waals surface area contributed by atoms with Crippen molar-refractivity contribution in [1.29, 1.82) is 0 Å². The number of rotatable bonds is 3. The number of hydrogen-bond acceptors (Lipinski definition) is 3. The van der Waals surface area contributed by atoms with Crippen molar-refractivity contribution in [3.63, 3.8) is 0 Å². The molecule has 18 heavy (non-hydrogen) atoms. The van der Waals surface area contributed by atoms with Crippen molar-refractivity contribution in [2.24, 2.45) is 5.92 Å². The second-order valence-corrected chi connectivity index (χ2v) is 6.42. The van der Waals surface area contributed by atoms with Gasteiger partial charge in [0.25, 0.3) is 0 Å². The summed E-state index contributed by atoms with van der Waals surface area (Å²) in [6.07, 6.45) is 10.4. The van der Waals surface area contributed by atoms with Gasteiger partial charge in [-0.05, 0) is 38.0 Å². The second kappa shape index (κ2) is 5.89. The Balaban J connectivity index is 1.47. The molecule has 1 N–H and O–H groups in total. The van der Waals surface area contributed by atoms with Crippen LogP contribution < -0.4 is 5.32 Å². The fourth-order valence-corrected chi connectivity index (χ4v) is 3.82. The Bertz CT molecular complexity index is 252. The molecule has 2 aliphatic heterocycles. The van der Waals surface area contributed by atoms with E-state index in [1.807, 2.05) is 0 Å². The largest absolute Gasteiger partial charge is 0.381 e. The minimum Gasteiger partial charge on any atom is -0.381 e. The molecule has 3 rings (SSSR count). The number of nitrogens with one attached hydrogen (secondary N) is 1. The molecule has 0 aromatic carbocycles. The Kier molecular flexibility index (Phi) is 4.22. The van der Waals surface area contributed by atoms with E-state index in [1.54, 1.807) is 0 Å². The molecule has 104 valence electrons. The van der Waals surface area contributed by atoms with Crippen LogP contribution >= 0.6 is 0 Å². The zero-order chi connectivity index (χ0) is 12.3. The van der Waals surface area contributed by atoms with Crippen LogP contribution in [0.2, 0.25) is 0 Å². The van der Waals surface area contributed by atoms with Crippen LogP contribution in [0.15, 0.2) is 0 Å². The Labute approximate surface area is 111 Å². The molecule has 2 heterocycles. The minimum atomic E-state index is 0.236. The molecule has 0 radical (unpaired) electrons. The first-order valence-electron chi connectivity index (χ1n) is 7.81. The van der Waals surface area contributed by atoms with Gasteiger partial charge in [-0.2, -0.15) is 0 Å². The monoisotopic (exact) mass is 253 g/mol. The second-order valence-electron chi connectivity index (χ2n) is 6.42. The predicted molar refractivity (Wildman–Crippen MR) is 71.7 cm³/mol. The molecule has 3 aliphatic rings. The third-order valence-corrected chi connectivity index (χ3v) is 4.98. The van der Waals surface area contributed by atoms with Gasteiger partial charge in [0.05, 0.1) is 12.2 Å². The maximum Gasteiger partial charge on any atom is 0.0697 e. The highest BCUT2D eigenvalue weighted by atomic mass is 16.5. The van der Waals surface area contributed by atoms with Gasteiger partial charge in [0.1, 0.15) is 0 Å². The van der Waals surface area contributed by atoms with E-state index in [0.29, 0.717) is 6.04 Å². The first kappa shape index (κ1) is 12.9. The van der Waals surface area contributed by atoms with Crippen molar-refractivity contribution >= 4 is 0 Å². The quantitative estimate of drug-likeness (QED) is 0.838. The SMILES string of the molecule is C1CCC2(CC1)CC(NCC1CCOC1)CCO2. The van der Waals surface area contributed by atoms with Crippen LogP contribution in [0.5, 0.6) is 0 Å². The summed E-state index contributed by atoms with van der Waals surface area (Å²) < 4.78 is 11.6. The van der Waals surface area contributed by atoms with Gasteiger partial charge in [0.2, 0.25) is 0 Å². The number of hydrogen-bond donors (Lipinski definition) is 1. The summed E-state index contributed by atoms with van der Waals surface area (Å²) in [5.41, 5.74) is 0.236. The Morgan fingerprint density at radius 3 is 2.72 bits per heavy atom. The normalized spacial score (nSPS) is 36.0. The van der Waals surface area contributed by atoms with E-state index in [-0.39, 0.29) is 5.60 Å². The van der Waals surface area contributed by atoms with E-state index in [9.17, 15) is 0 Å². The molecule has 0 amide bonds. The molecule has 0 aromatic rings. The molecule has 2 atom stereocenters. The van der Waals surface area contributed by atoms with Gasteiger partial charge < -0.3 is 14.8 Å². The molecular weight excluding hydrogens is 226 g/mol. The molecule has 0 aromatic heterocycles. The Morgan fingerprint density at radius 1 is 1.06 bits per heavy atom. The molecule has 0 bridgehead atoms. The van der Waals surface area contributed by atoms with Crippen molar-refractivity contribution < 1.29 is 9.47 Å². The molecule has 1 aliphatic carbocycles. The smallest absolute Gasteiger partial charge is 0.0697 e.